The van der Waals surface area contributed by atoms with E-state index in [-0.39, 0.29) is 5.41 Å². The van der Waals surface area contributed by atoms with Crippen LogP contribution in [0.1, 0.15) is 45.2 Å². The van der Waals surface area contributed by atoms with Crippen molar-refractivity contribution in [2.75, 3.05) is 5.75 Å². The van der Waals surface area contributed by atoms with Gasteiger partial charge in [0.1, 0.15) is 5.75 Å². The van der Waals surface area contributed by atoms with Gasteiger partial charge in [0.05, 0.1) is 5.69 Å². The first kappa shape index (κ1) is 24.9. The summed E-state index contributed by atoms with van der Waals surface area (Å²) in [5.74, 6) is 1.40. The topological polar surface area (TPSA) is 32.6 Å². The molecule has 147 valence electrons. The summed E-state index contributed by atoms with van der Waals surface area (Å²) in [6.07, 6.45) is 2.90. The molecule has 0 bridgehead atoms. The summed E-state index contributed by atoms with van der Waals surface area (Å²) in [4.78, 5) is 5.79. The average Bonchev–Trinajstić information content (AvgIpc) is 2.58. The van der Waals surface area contributed by atoms with Crippen LogP contribution in [0.15, 0.2) is 52.4 Å². The number of benzene rings is 2. The van der Waals surface area contributed by atoms with Gasteiger partial charge in [0, 0.05) is 16.7 Å². The van der Waals surface area contributed by atoms with Gasteiger partial charge in [0.15, 0.2) is 0 Å². The molecule has 0 saturated carbocycles. The Morgan fingerprint density at radius 2 is 1.70 bits per heavy atom. The van der Waals surface area contributed by atoms with Crippen molar-refractivity contribution in [2.45, 2.75) is 44.4 Å². The van der Waals surface area contributed by atoms with Gasteiger partial charge in [-0.2, -0.15) is 0 Å². The molecule has 0 atom stereocenters. The molecular formula is C20H25Cl3NOSTi. The number of hydrogen-bond donors (Lipinski definition) is 1. The molecule has 0 fully saturated rings. The normalized spacial score (nSPS) is 11.2. The number of aromatic hydroxyl groups is 1. The van der Waals surface area contributed by atoms with Crippen molar-refractivity contribution in [3.8, 4) is 5.75 Å². The number of phenolic OH excluding ortho intramolecular Hbond substituents is 1. The zero-order valence-electron chi connectivity index (χ0n) is 16.0. The molecule has 0 aromatic heterocycles. The van der Waals surface area contributed by atoms with Crippen LogP contribution in [-0.2, 0) is 20.1 Å². The molecule has 2 aromatic rings. The number of phenols is 1. The number of nitrogens with zero attached hydrogens (tertiary/aromatic N) is 1. The number of aliphatic imine (C=N–C) groups is 1. The molecule has 1 N–H and O–H groups in total. The van der Waals surface area contributed by atoms with E-state index in [4.69, 9.17) is 27.9 Å². The minimum absolute atomic E-state index is 0.0944. The van der Waals surface area contributed by atoms with Gasteiger partial charge >= 0.3 is 42.6 Å². The third-order valence-corrected chi connectivity index (χ3v) is 4.81. The molecule has 0 radical (unpaired) electrons. The van der Waals surface area contributed by atoms with Crippen molar-refractivity contribution in [1.29, 1.82) is 0 Å². The summed E-state index contributed by atoms with van der Waals surface area (Å²) >= 11 is -0.0991. The Kier molecular flexibility index (Phi) is 11.4. The Balaban J connectivity index is 0.000000828. The first-order valence-corrected chi connectivity index (χ1v) is 16.0. The van der Waals surface area contributed by atoms with Crippen LogP contribution in [-0.4, -0.2) is 17.1 Å². The van der Waals surface area contributed by atoms with Crippen LogP contribution in [0.2, 0.25) is 0 Å². The molecule has 0 heterocycles. The van der Waals surface area contributed by atoms with E-state index < -0.39 is 14.7 Å². The number of para-hydroxylation sites is 2. The number of halogens is 3. The Bertz CT molecular complexity index is 745. The van der Waals surface area contributed by atoms with Crippen LogP contribution < -0.4 is 0 Å². The monoisotopic (exact) mass is 480 g/mol. The summed E-state index contributed by atoms with van der Waals surface area (Å²) < 4.78 is 0. The molecule has 27 heavy (non-hydrogen) atoms. The number of rotatable bonds is 5. The fraction of sp³-hybridized carbons (Fsp3) is 0.350. The van der Waals surface area contributed by atoms with Crippen LogP contribution in [0, 0.1) is 0 Å². The Morgan fingerprint density at radius 3 is 2.30 bits per heavy atom. The molecule has 0 amide bonds. The fourth-order valence-electron chi connectivity index (χ4n) is 2.31. The second kappa shape index (κ2) is 12.4. The van der Waals surface area contributed by atoms with Crippen molar-refractivity contribution in [3.05, 3.63) is 53.6 Å². The summed E-state index contributed by atoms with van der Waals surface area (Å²) in [5.41, 5.74) is 2.55. The standard InChI is InChI=1S/C20H25NOS.3ClH.Ti/c1-5-13-23-18-12-7-6-11-17(18)21-14-15-9-8-10-16(19(15)22)20(2,3)4;;;;/h6-12,14,22H,5,13H2,1-4H3;3*1H;/q;;;;+3/p-3. The maximum atomic E-state index is 10.5. The van der Waals surface area contributed by atoms with E-state index in [9.17, 15) is 5.11 Å². The van der Waals surface area contributed by atoms with Gasteiger partial charge in [-0.05, 0) is 41.4 Å². The third kappa shape index (κ3) is 9.26. The average molecular weight is 482 g/mol. The zero-order valence-corrected chi connectivity index (χ0v) is 20.6. The van der Waals surface area contributed by atoms with Crippen molar-refractivity contribution in [1.82, 2.24) is 0 Å². The second-order valence-electron chi connectivity index (χ2n) is 6.78. The Labute approximate surface area is 184 Å². The fourth-order valence-corrected chi connectivity index (χ4v) is 3.18. The Morgan fingerprint density at radius 1 is 1.07 bits per heavy atom. The SMILES string of the molecule is CCCSc1ccccc1N=Cc1cccc(C(C)(C)C)c1O.[Cl][Ti]([Cl])[Cl]. The molecule has 0 aliphatic heterocycles. The molecule has 2 nitrogen and oxygen atoms in total. The van der Waals surface area contributed by atoms with Gasteiger partial charge in [-0.15, -0.1) is 11.8 Å². The van der Waals surface area contributed by atoms with E-state index in [1.807, 2.05) is 48.2 Å². The number of hydrogen-bond acceptors (Lipinski definition) is 3. The van der Waals surface area contributed by atoms with Crippen molar-refractivity contribution in [3.63, 3.8) is 0 Å². The molecule has 0 spiro atoms. The van der Waals surface area contributed by atoms with Crippen LogP contribution in [0.5, 0.6) is 5.75 Å². The molecule has 0 aliphatic carbocycles. The quantitative estimate of drug-likeness (QED) is 0.266. The van der Waals surface area contributed by atoms with Gasteiger partial charge < -0.3 is 5.11 Å². The molecule has 2 aromatic carbocycles. The predicted octanol–water partition coefficient (Wildman–Crippen LogP) is 8.01. The van der Waals surface area contributed by atoms with E-state index in [1.54, 1.807) is 6.21 Å². The predicted molar refractivity (Wildman–Crippen MR) is 119 cm³/mol. The van der Waals surface area contributed by atoms with Crippen LogP contribution in [0.3, 0.4) is 0 Å². The molecular weight excluding hydrogens is 457 g/mol. The van der Waals surface area contributed by atoms with Gasteiger partial charge in [0.2, 0.25) is 0 Å². The molecule has 0 saturated heterocycles. The number of thioether (sulfide) groups is 1. The van der Waals surface area contributed by atoms with Gasteiger partial charge in [-0.3, -0.25) is 4.99 Å². The first-order valence-electron chi connectivity index (χ1n) is 8.58. The summed E-state index contributed by atoms with van der Waals surface area (Å²) in [6, 6.07) is 14.0. The van der Waals surface area contributed by atoms with Crippen LogP contribution in [0.4, 0.5) is 5.69 Å². The second-order valence-corrected chi connectivity index (χ2v) is 15.7. The van der Waals surface area contributed by atoms with Gasteiger partial charge in [-0.25, -0.2) is 0 Å². The van der Waals surface area contributed by atoms with Gasteiger partial charge in [-0.1, -0.05) is 52.0 Å². The minimum atomic E-state index is -1.92. The van der Waals surface area contributed by atoms with E-state index >= 15 is 0 Å². The van der Waals surface area contributed by atoms with E-state index in [0.29, 0.717) is 5.75 Å². The summed E-state index contributed by atoms with van der Waals surface area (Å²) in [6.45, 7) is 8.47. The molecule has 2 rings (SSSR count). The molecule has 0 unspecified atom stereocenters. The van der Waals surface area contributed by atoms with Crippen molar-refractivity contribution >= 4 is 51.6 Å². The van der Waals surface area contributed by atoms with Crippen LogP contribution >= 0.6 is 39.7 Å². The zero-order chi connectivity index (χ0) is 20.4. The van der Waals surface area contributed by atoms with Crippen molar-refractivity contribution < 1.29 is 19.8 Å². The molecule has 0 aliphatic rings. The van der Waals surface area contributed by atoms with E-state index in [0.717, 1.165) is 29.0 Å². The maximum absolute atomic E-state index is 10.5. The van der Waals surface area contributed by atoms with Crippen molar-refractivity contribution in [2.24, 2.45) is 4.99 Å². The van der Waals surface area contributed by atoms with Gasteiger partial charge in [0.25, 0.3) is 0 Å². The summed E-state index contributed by atoms with van der Waals surface area (Å²) in [7, 11) is 14.9. The van der Waals surface area contributed by atoms with E-state index in [1.165, 1.54) is 4.90 Å². The third-order valence-electron chi connectivity index (χ3n) is 3.54. The van der Waals surface area contributed by atoms with E-state index in [2.05, 4.69) is 38.8 Å². The Hall–Kier alpha value is -0.156. The first-order chi connectivity index (χ1) is 12.7. The summed E-state index contributed by atoms with van der Waals surface area (Å²) in [5, 5.41) is 10.5. The van der Waals surface area contributed by atoms with Crippen LogP contribution in [0.25, 0.3) is 0 Å². The molecule has 7 heteroatoms.